The van der Waals surface area contributed by atoms with Gasteiger partial charge in [-0.15, -0.1) is 0 Å². The van der Waals surface area contributed by atoms with E-state index in [4.69, 9.17) is 0 Å². The van der Waals surface area contributed by atoms with Crippen LogP contribution >= 0.6 is 0 Å². The van der Waals surface area contributed by atoms with Crippen LogP contribution in [0.4, 0.5) is 4.79 Å². The number of esters is 1. The van der Waals surface area contributed by atoms with Gasteiger partial charge in [0.15, 0.2) is 0 Å². The Hall–Kier alpha value is -1.26. The molecule has 1 rings (SSSR count). The second-order valence-corrected chi connectivity index (χ2v) is 3.21. The zero-order valence-electron chi connectivity index (χ0n) is 8.58. The molecule has 1 atom stereocenters. The van der Waals surface area contributed by atoms with Gasteiger partial charge in [-0.2, -0.15) is 0 Å². The van der Waals surface area contributed by atoms with Crippen molar-refractivity contribution in [1.82, 2.24) is 10.2 Å². The van der Waals surface area contributed by atoms with E-state index in [0.29, 0.717) is 19.5 Å². The number of methoxy groups -OCH3 is 1. The van der Waals surface area contributed by atoms with Crippen molar-refractivity contribution in [2.75, 3.05) is 20.2 Å². The van der Waals surface area contributed by atoms with Gasteiger partial charge in [0.05, 0.1) is 7.11 Å². The number of ether oxygens (including phenoxy) is 1. The molecule has 0 aromatic heterocycles. The quantitative estimate of drug-likeness (QED) is 0.654. The number of carbonyl (C=O) groups is 2. The number of carbonyl (C=O) groups excluding carboxylic acids is 2. The van der Waals surface area contributed by atoms with Crippen LogP contribution < -0.4 is 5.32 Å². The smallest absolute Gasteiger partial charge is 0.328 e. The van der Waals surface area contributed by atoms with Gasteiger partial charge in [-0.05, 0) is 19.8 Å². The molecule has 0 saturated carbocycles. The molecule has 0 spiro atoms. The summed E-state index contributed by atoms with van der Waals surface area (Å²) in [5.74, 6) is -0.325. The Kier molecular flexibility index (Phi) is 3.73. The molecule has 14 heavy (non-hydrogen) atoms. The number of hydrogen-bond donors (Lipinski definition) is 1. The maximum Gasteiger partial charge on any atom is 0.328 e. The molecule has 1 aliphatic rings. The summed E-state index contributed by atoms with van der Waals surface area (Å²) < 4.78 is 4.63. The van der Waals surface area contributed by atoms with Crippen molar-refractivity contribution in [3.63, 3.8) is 0 Å². The lowest BCUT2D eigenvalue weighted by Gasteiger charge is -2.22. The Morgan fingerprint density at radius 1 is 1.57 bits per heavy atom. The maximum absolute atomic E-state index is 11.5. The molecule has 1 heterocycles. The summed E-state index contributed by atoms with van der Waals surface area (Å²) in [5.41, 5.74) is 0. The van der Waals surface area contributed by atoms with Crippen LogP contribution in [-0.4, -0.2) is 43.1 Å². The van der Waals surface area contributed by atoms with E-state index >= 15 is 0 Å². The molecule has 1 unspecified atom stereocenters. The summed E-state index contributed by atoms with van der Waals surface area (Å²) in [5, 5.41) is 2.68. The van der Waals surface area contributed by atoms with Crippen molar-refractivity contribution in [2.24, 2.45) is 0 Å². The molecule has 80 valence electrons. The van der Waals surface area contributed by atoms with Crippen LogP contribution in [0.5, 0.6) is 0 Å². The largest absolute Gasteiger partial charge is 0.467 e. The Morgan fingerprint density at radius 3 is 2.86 bits per heavy atom. The van der Waals surface area contributed by atoms with Crippen molar-refractivity contribution in [3.05, 3.63) is 0 Å². The van der Waals surface area contributed by atoms with Crippen molar-refractivity contribution in [3.8, 4) is 0 Å². The van der Waals surface area contributed by atoms with E-state index in [1.807, 2.05) is 6.92 Å². The molecule has 0 radical (unpaired) electrons. The molecule has 5 heteroatoms. The van der Waals surface area contributed by atoms with Crippen LogP contribution in [0.1, 0.15) is 19.8 Å². The highest BCUT2D eigenvalue weighted by Crippen LogP contribution is 2.17. The minimum Gasteiger partial charge on any atom is -0.467 e. The molecule has 0 aromatic carbocycles. The number of rotatable bonds is 2. The molecular weight excluding hydrogens is 184 g/mol. The molecule has 1 fully saturated rings. The number of nitrogens with zero attached hydrogens (tertiary/aromatic N) is 1. The highest BCUT2D eigenvalue weighted by Gasteiger charge is 2.34. The molecule has 0 aliphatic carbocycles. The first-order chi connectivity index (χ1) is 6.70. The Morgan fingerprint density at radius 2 is 2.29 bits per heavy atom. The average Bonchev–Trinajstić information content (AvgIpc) is 2.65. The molecule has 2 amide bonds. The average molecular weight is 200 g/mol. The second-order valence-electron chi connectivity index (χ2n) is 3.21. The lowest BCUT2D eigenvalue weighted by Crippen LogP contribution is -2.46. The Labute approximate surface area is 83.4 Å². The van der Waals surface area contributed by atoms with Gasteiger partial charge in [0.1, 0.15) is 6.04 Å². The van der Waals surface area contributed by atoms with Crippen molar-refractivity contribution in [1.29, 1.82) is 0 Å². The van der Waals surface area contributed by atoms with Gasteiger partial charge >= 0.3 is 12.0 Å². The fourth-order valence-electron chi connectivity index (χ4n) is 1.64. The second kappa shape index (κ2) is 4.83. The van der Waals surface area contributed by atoms with Crippen molar-refractivity contribution in [2.45, 2.75) is 25.8 Å². The fourth-order valence-corrected chi connectivity index (χ4v) is 1.64. The number of hydrogen-bond acceptors (Lipinski definition) is 3. The van der Waals surface area contributed by atoms with Crippen LogP contribution in [0.25, 0.3) is 0 Å². The van der Waals surface area contributed by atoms with Crippen LogP contribution in [0, 0.1) is 0 Å². The van der Waals surface area contributed by atoms with Crippen LogP contribution in [-0.2, 0) is 9.53 Å². The van der Waals surface area contributed by atoms with Crippen LogP contribution in [0.3, 0.4) is 0 Å². The first-order valence-corrected chi connectivity index (χ1v) is 4.83. The van der Waals surface area contributed by atoms with Gasteiger partial charge in [-0.3, -0.25) is 0 Å². The molecule has 1 saturated heterocycles. The molecule has 0 bridgehead atoms. The van der Waals surface area contributed by atoms with Gasteiger partial charge in [-0.1, -0.05) is 0 Å². The maximum atomic E-state index is 11.5. The summed E-state index contributed by atoms with van der Waals surface area (Å²) in [6.45, 7) is 3.05. The summed E-state index contributed by atoms with van der Waals surface area (Å²) in [6, 6.07) is -0.577. The van der Waals surface area contributed by atoms with E-state index in [2.05, 4.69) is 10.1 Å². The SMILES string of the molecule is CCNC(=O)N1CCCC1C(=O)OC. The topological polar surface area (TPSA) is 58.6 Å². The summed E-state index contributed by atoms with van der Waals surface area (Å²) in [6.07, 6.45) is 1.56. The van der Waals surface area contributed by atoms with E-state index in [0.717, 1.165) is 6.42 Å². The van der Waals surface area contributed by atoms with Gasteiger partial charge in [0, 0.05) is 13.1 Å². The minimum atomic E-state index is -0.397. The minimum absolute atomic E-state index is 0.180. The number of nitrogens with one attached hydrogen (secondary N) is 1. The highest BCUT2D eigenvalue weighted by atomic mass is 16.5. The lowest BCUT2D eigenvalue weighted by atomic mass is 10.2. The van der Waals surface area contributed by atoms with E-state index in [9.17, 15) is 9.59 Å². The third-order valence-corrected chi connectivity index (χ3v) is 2.31. The fraction of sp³-hybridized carbons (Fsp3) is 0.778. The van der Waals surface area contributed by atoms with E-state index in [-0.39, 0.29) is 12.0 Å². The Bertz CT molecular complexity index is 230. The zero-order chi connectivity index (χ0) is 10.6. The molecule has 0 aromatic rings. The first kappa shape index (κ1) is 10.8. The number of likely N-dealkylation sites (tertiary alicyclic amines) is 1. The van der Waals surface area contributed by atoms with Crippen LogP contribution in [0.15, 0.2) is 0 Å². The summed E-state index contributed by atoms with van der Waals surface area (Å²) in [7, 11) is 1.34. The van der Waals surface area contributed by atoms with Gasteiger partial charge in [0.2, 0.25) is 0 Å². The highest BCUT2D eigenvalue weighted by molar-refractivity contribution is 5.84. The van der Waals surface area contributed by atoms with E-state index in [1.54, 1.807) is 0 Å². The zero-order valence-corrected chi connectivity index (χ0v) is 8.58. The molecule has 1 aliphatic heterocycles. The molecule has 5 nitrogen and oxygen atoms in total. The third kappa shape index (κ3) is 2.16. The van der Waals surface area contributed by atoms with Crippen LogP contribution in [0.2, 0.25) is 0 Å². The van der Waals surface area contributed by atoms with Crippen molar-refractivity contribution < 1.29 is 14.3 Å². The predicted octanol–water partition coefficient (Wildman–Crippen LogP) is 0.353. The first-order valence-electron chi connectivity index (χ1n) is 4.83. The van der Waals surface area contributed by atoms with E-state index in [1.165, 1.54) is 12.0 Å². The molecular formula is C9H16N2O3. The number of urea groups is 1. The monoisotopic (exact) mass is 200 g/mol. The van der Waals surface area contributed by atoms with E-state index < -0.39 is 6.04 Å². The summed E-state index contributed by atoms with van der Waals surface area (Å²) >= 11 is 0. The lowest BCUT2D eigenvalue weighted by molar-refractivity contribution is -0.144. The van der Waals surface area contributed by atoms with Gasteiger partial charge in [0.25, 0.3) is 0 Å². The molecule has 1 N–H and O–H groups in total. The standard InChI is InChI=1S/C9H16N2O3/c1-3-10-9(13)11-6-4-5-7(11)8(12)14-2/h7H,3-6H2,1-2H3,(H,10,13). The third-order valence-electron chi connectivity index (χ3n) is 2.31. The Balaban J connectivity index is 2.59. The van der Waals surface area contributed by atoms with Gasteiger partial charge in [-0.25, -0.2) is 9.59 Å². The van der Waals surface area contributed by atoms with Gasteiger partial charge < -0.3 is 15.0 Å². The summed E-state index contributed by atoms with van der Waals surface area (Å²) in [4.78, 5) is 24.3. The normalized spacial score (nSPS) is 20.7. The van der Waals surface area contributed by atoms with Crippen molar-refractivity contribution >= 4 is 12.0 Å². The predicted molar refractivity (Wildman–Crippen MR) is 50.8 cm³/mol. The number of amides is 2.